The van der Waals surface area contributed by atoms with E-state index in [1.54, 1.807) is 36.1 Å². The lowest BCUT2D eigenvalue weighted by Crippen LogP contribution is -2.24. The summed E-state index contributed by atoms with van der Waals surface area (Å²) in [5, 5.41) is 11.7. The van der Waals surface area contributed by atoms with Gasteiger partial charge in [-0.15, -0.1) is 0 Å². The Morgan fingerprint density at radius 3 is 1.74 bits per heavy atom. The van der Waals surface area contributed by atoms with Crippen molar-refractivity contribution in [2.24, 2.45) is 10.2 Å². The highest BCUT2D eigenvalue weighted by molar-refractivity contribution is 8.02. The lowest BCUT2D eigenvalue weighted by molar-refractivity contribution is -0.120. The van der Waals surface area contributed by atoms with Crippen LogP contribution in [0.4, 0.5) is 0 Å². The minimum atomic E-state index is -1.80. The molecule has 2 unspecified atom stereocenters. The van der Waals surface area contributed by atoms with Crippen LogP contribution in [-0.4, -0.2) is 48.5 Å². The van der Waals surface area contributed by atoms with Crippen LogP contribution in [0.3, 0.4) is 0 Å². The molecule has 0 aliphatic rings. The minimum Gasteiger partial charge on any atom is -0.466 e. The number of nitrogens with zero attached hydrogens (tertiary/aromatic N) is 4. The number of hydrazone groups is 2. The van der Waals surface area contributed by atoms with Crippen molar-refractivity contribution >= 4 is 56.1 Å². The van der Waals surface area contributed by atoms with Gasteiger partial charge in [-0.1, -0.05) is 25.6 Å². The Morgan fingerprint density at radius 1 is 0.833 bits per heavy atom. The molecule has 0 radical (unpaired) electrons. The molecule has 2 atom stereocenters. The van der Waals surface area contributed by atoms with Crippen LogP contribution in [0.2, 0.25) is 0 Å². The van der Waals surface area contributed by atoms with Crippen LogP contribution >= 0.6 is 14.1 Å². The quantitative estimate of drug-likeness (QED) is 0.0884. The summed E-state index contributed by atoms with van der Waals surface area (Å²) in [6, 6.07) is 22.7. The number of carbonyl (C=O) groups excluding carboxylic acids is 1. The second-order valence-corrected chi connectivity index (χ2v) is 13.7. The third-order valence-electron chi connectivity index (χ3n) is 5.66. The first-order valence-electron chi connectivity index (χ1n) is 13.1. The zero-order valence-electron chi connectivity index (χ0n) is 23.7. The highest BCUT2D eigenvalue weighted by Crippen LogP contribution is 2.32. The molecule has 0 saturated carbocycles. The largest absolute Gasteiger partial charge is 0.466 e. The minimum absolute atomic E-state index is 0.0522. The number of amides is 1. The van der Waals surface area contributed by atoms with Crippen molar-refractivity contribution in [1.29, 1.82) is 0 Å². The van der Waals surface area contributed by atoms with E-state index in [1.165, 1.54) is 6.26 Å². The van der Waals surface area contributed by atoms with Crippen LogP contribution in [-0.2, 0) is 34.8 Å². The molecule has 1 amide bonds. The second-order valence-electron chi connectivity index (χ2n) is 8.79. The van der Waals surface area contributed by atoms with Gasteiger partial charge in [0.05, 0.1) is 18.7 Å². The summed E-state index contributed by atoms with van der Waals surface area (Å²) in [5.74, 6) is 2.11. The van der Waals surface area contributed by atoms with Gasteiger partial charge in [-0.2, -0.15) is 10.2 Å². The molecule has 3 aromatic carbocycles. The highest BCUT2D eigenvalue weighted by atomic mass is 32.4. The van der Waals surface area contributed by atoms with Crippen LogP contribution < -0.4 is 19.1 Å². The first kappa shape index (κ1) is 33.0. The number of nitrogens with one attached hydrogen (secondary N) is 1. The molecular weight excluding hydrogens is 608 g/mol. The number of benzene rings is 3. The summed E-state index contributed by atoms with van der Waals surface area (Å²) in [6.07, 6.45) is 6.07. The normalized spacial score (nSPS) is 12.5. The van der Waals surface area contributed by atoms with E-state index < -0.39 is 14.1 Å². The number of hydrogen-bond donors (Lipinski definition) is 1. The Bertz CT molecular complexity index is 1420. The van der Waals surface area contributed by atoms with Gasteiger partial charge in [-0.05, 0) is 107 Å². The maximum absolute atomic E-state index is 11.4. The maximum Gasteiger partial charge on any atom is 0.219 e. The predicted octanol–water partition coefficient (Wildman–Crippen LogP) is 5.98. The molecule has 0 aromatic heterocycles. The molecule has 0 heterocycles. The van der Waals surface area contributed by atoms with E-state index in [0.717, 1.165) is 23.1 Å². The second kappa shape index (κ2) is 17.5. The Morgan fingerprint density at radius 2 is 1.29 bits per heavy atom. The van der Waals surface area contributed by atoms with Gasteiger partial charge in [0, 0.05) is 27.1 Å². The Hall–Kier alpha value is -3.49. The smallest absolute Gasteiger partial charge is 0.219 e. The summed E-state index contributed by atoms with van der Waals surface area (Å²) < 4.78 is 20.4. The summed E-state index contributed by atoms with van der Waals surface area (Å²) in [6.45, 7) is 5.99. The van der Waals surface area contributed by atoms with E-state index in [9.17, 15) is 4.79 Å². The third-order valence-corrected chi connectivity index (χ3v) is 9.85. The van der Waals surface area contributed by atoms with Crippen LogP contribution in [0.1, 0.15) is 30.0 Å². The van der Waals surface area contributed by atoms with Gasteiger partial charge in [0.2, 0.25) is 20.1 Å². The zero-order valence-corrected chi connectivity index (χ0v) is 27.4. The molecule has 222 valence electrons. The number of rotatable bonds is 16. The van der Waals surface area contributed by atoms with E-state index in [-0.39, 0.29) is 5.91 Å². The first-order valence-corrected chi connectivity index (χ1v) is 18.1. The van der Waals surface area contributed by atoms with Gasteiger partial charge in [0.15, 0.2) is 0 Å². The molecule has 0 spiro atoms. The standard InChI is InChI=1S/C29H35N5O4P2S2/c1-5-29(35)30-20-19-23-7-15-27(16-8-23)37-39(41)34(4)32-22-25-11-17-28(18-12-25)38-40(42)33(3)31-21-24-9-13-26(14-10-24)36-6-2/h6-18,21-22,39-40H,2,5,19-20H2,1,3-4H3,(H,30,35)/b31-21+,32-22+. The number of hydrogen-bond acceptors (Lipinski definition) is 8. The van der Waals surface area contributed by atoms with Gasteiger partial charge in [0.1, 0.15) is 17.2 Å². The van der Waals surface area contributed by atoms with Crippen molar-refractivity contribution in [2.75, 3.05) is 20.6 Å². The molecule has 3 aromatic rings. The fourth-order valence-corrected chi connectivity index (χ4v) is 5.38. The summed E-state index contributed by atoms with van der Waals surface area (Å²) in [7, 11) is -0.00537. The average molecular weight is 644 g/mol. The van der Waals surface area contributed by atoms with Crippen molar-refractivity contribution < 1.29 is 18.6 Å². The average Bonchev–Trinajstić information content (AvgIpc) is 3.00. The molecule has 9 nitrogen and oxygen atoms in total. The molecule has 0 aliphatic carbocycles. The van der Waals surface area contributed by atoms with E-state index in [0.29, 0.717) is 30.2 Å². The lowest BCUT2D eigenvalue weighted by atomic mass is 10.1. The molecule has 1 N–H and O–H groups in total. The van der Waals surface area contributed by atoms with Gasteiger partial charge in [0.25, 0.3) is 0 Å². The Labute approximate surface area is 259 Å². The molecule has 13 heteroatoms. The van der Waals surface area contributed by atoms with Crippen LogP contribution in [0, 0.1) is 0 Å². The Balaban J connectivity index is 1.45. The third kappa shape index (κ3) is 11.4. The summed E-state index contributed by atoms with van der Waals surface area (Å²) in [5.41, 5.74) is 2.90. The van der Waals surface area contributed by atoms with Crippen molar-refractivity contribution in [1.82, 2.24) is 14.9 Å². The van der Waals surface area contributed by atoms with Gasteiger partial charge < -0.3 is 19.1 Å². The number of carbonyl (C=O) groups is 1. The number of ether oxygens (including phenoxy) is 1. The van der Waals surface area contributed by atoms with Crippen molar-refractivity contribution in [3.8, 4) is 17.2 Å². The molecule has 0 bridgehead atoms. The maximum atomic E-state index is 11.4. The molecular formula is C29H35N5O4P2S2. The molecule has 0 fully saturated rings. The topological polar surface area (TPSA) is 88.0 Å². The summed E-state index contributed by atoms with van der Waals surface area (Å²) >= 11 is 11.1. The predicted molar refractivity (Wildman–Crippen MR) is 180 cm³/mol. The molecule has 0 saturated heterocycles. The molecule has 3 rings (SSSR count). The van der Waals surface area contributed by atoms with Gasteiger partial charge in [-0.25, -0.2) is 9.56 Å². The van der Waals surface area contributed by atoms with Gasteiger partial charge >= 0.3 is 0 Å². The van der Waals surface area contributed by atoms with Crippen molar-refractivity contribution in [3.05, 3.63) is 102 Å². The SMILES string of the molecule is C=COc1ccc(/C=N/N(C)[PH](=S)Oc2ccc(/C=N/N(C)[PH](=S)Oc3ccc(CCNC(=O)CC)cc3)cc2)cc1. The fourth-order valence-electron chi connectivity index (χ4n) is 3.28. The van der Waals surface area contributed by atoms with Crippen LogP contribution in [0.5, 0.6) is 17.2 Å². The summed E-state index contributed by atoms with van der Waals surface area (Å²) in [4.78, 5) is 11.4. The first-order chi connectivity index (χ1) is 20.3. The van der Waals surface area contributed by atoms with E-state index in [4.69, 9.17) is 37.4 Å². The van der Waals surface area contributed by atoms with E-state index in [2.05, 4.69) is 22.1 Å². The lowest BCUT2D eigenvalue weighted by Gasteiger charge is -2.17. The van der Waals surface area contributed by atoms with Crippen molar-refractivity contribution in [3.63, 3.8) is 0 Å². The molecule has 42 heavy (non-hydrogen) atoms. The molecule has 0 aliphatic heterocycles. The van der Waals surface area contributed by atoms with Crippen molar-refractivity contribution in [2.45, 2.75) is 19.8 Å². The highest BCUT2D eigenvalue weighted by Gasteiger charge is 2.06. The van der Waals surface area contributed by atoms with E-state index >= 15 is 0 Å². The van der Waals surface area contributed by atoms with Crippen LogP contribution in [0.15, 0.2) is 95.8 Å². The van der Waals surface area contributed by atoms with Crippen LogP contribution in [0.25, 0.3) is 0 Å². The monoisotopic (exact) mass is 643 g/mol. The Kier molecular flexibility index (Phi) is 13.7. The fraction of sp³-hybridized carbons (Fsp3) is 0.207. The van der Waals surface area contributed by atoms with Gasteiger partial charge in [-0.3, -0.25) is 4.79 Å². The van der Waals surface area contributed by atoms with E-state index in [1.807, 2.05) is 79.7 Å². The zero-order chi connectivity index (χ0) is 30.3.